The van der Waals surface area contributed by atoms with E-state index in [0.29, 0.717) is 0 Å². The van der Waals surface area contributed by atoms with Gasteiger partial charge in [0.2, 0.25) is 0 Å². The van der Waals surface area contributed by atoms with E-state index >= 15 is 0 Å². The second-order valence-corrected chi connectivity index (χ2v) is 48.8. The number of hydrogen-bond acceptors (Lipinski definition) is 1. The van der Waals surface area contributed by atoms with Gasteiger partial charge in [0.1, 0.15) is 0 Å². The molecule has 0 N–H and O–H groups in total. The summed E-state index contributed by atoms with van der Waals surface area (Å²) in [5.74, 6) is 0. The van der Waals surface area contributed by atoms with Gasteiger partial charge in [-0.1, -0.05) is 475 Å². The van der Waals surface area contributed by atoms with E-state index in [1.165, 1.54) is 406 Å². The minimum Gasteiger partial charge on any atom is -0.310 e. The number of unbranched alkanes of at least 4 members (excludes halogenated alkanes) is 19. The molecule has 1 heteroatoms. The van der Waals surface area contributed by atoms with Crippen LogP contribution in [-0.2, 0) is 37.9 Å². The molecule has 0 fully saturated rings. The Hall–Kier alpha value is -13.2. The summed E-state index contributed by atoms with van der Waals surface area (Å²) < 4.78 is 0. The maximum absolute atomic E-state index is 2.69. The molecule has 0 saturated heterocycles. The Bertz CT molecular complexity index is 8370. The summed E-state index contributed by atoms with van der Waals surface area (Å²) in [6.45, 7) is 34.3. The molecular formula is C148H149N. The van der Waals surface area contributed by atoms with Crippen molar-refractivity contribution in [3.63, 3.8) is 0 Å². The Morgan fingerprint density at radius 3 is 0.872 bits per heavy atom. The second kappa shape index (κ2) is 37.8. The van der Waals surface area contributed by atoms with Crippen molar-refractivity contribution in [3.05, 3.63) is 399 Å². The summed E-state index contributed by atoms with van der Waals surface area (Å²) in [5, 5.41) is 10.4. The van der Waals surface area contributed by atoms with Crippen LogP contribution in [0, 0.1) is 0 Å². The number of nitrogens with zero attached hydrogens (tertiary/aromatic N) is 1. The molecule has 0 aromatic heterocycles. The first-order valence-corrected chi connectivity index (χ1v) is 57.9. The summed E-state index contributed by atoms with van der Waals surface area (Å²) >= 11 is 0. The lowest BCUT2D eigenvalue weighted by molar-refractivity contribution is 0.398. The van der Waals surface area contributed by atoms with Crippen molar-refractivity contribution in [3.8, 4) is 122 Å². The van der Waals surface area contributed by atoms with Crippen LogP contribution in [0.15, 0.2) is 322 Å². The summed E-state index contributed by atoms with van der Waals surface area (Å²) in [5.41, 5.74) is 51.8. The molecule has 1 unspecified atom stereocenters. The van der Waals surface area contributed by atoms with Gasteiger partial charge in [-0.05, 0) is 355 Å². The highest BCUT2D eigenvalue weighted by atomic mass is 15.1. The van der Waals surface area contributed by atoms with Crippen molar-refractivity contribution in [1.82, 2.24) is 0 Å². The first-order valence-electron chi connectivity index (χ1n) is 57.9. The first-order chi connectivity index (χ1) is 72.5. The minimum atomic E-state index is -0.424. The van der Waals surface area contributed by atoms with E-state index in [2.05, 4.69) is 423 Å². The van der Waals surface area contributed by atoms with Crippen LogP contribution in [-0.4, -0.2) is 0 Å². The molecule has 0 amide bonds. The topological polar surface area (TPSA) is 3.24 Å². The highest BCUT2D eigenvalue weighted by molar-refractivity contribution is 6.26. The lowest BCUT2D eigenvalue weighted by Crippen LogP contribution is -2.25. The van der Waals surface area contributed by atoms with Crippen LogP contribution in [0.2, 0.25) is 0 Å². The summed E-state index contributed by atoms with van der Waals surface area (Å²) in [7, 11) is 0. The van der Waals surface area contributed by atoms with Crippen molar-refractivity contribution in [2.24, 2.45) is 0 Å². The second-order valence-electron chi connectivity index (χ2n) is 48.8. The van der Waals surface area contributed by atoms with Gasteiger partial charge in [-0.2, -0.15) is 0 Å². The van der Waals surface area contributed by atoms with Gasteiger partial charge in [-0.3, -0.25) is 0 Å². The van der Waals surface area contributed by atoms with E-state index in [1.807, 2.05) is 0 Å². The SMILES string of the molecule is CCCCCCCCC1(CCCCCCC)c2ccccc2-c2ccc(-c3ccc4c(c3)C(C)(C)c3cc(-c5ccc(N(c6cccc7c6C(C)(C)c6cc(-c8ccc9c(c8)C(C)(C)c8cc(-c%10ccc%11c(c%10)C(CCCCCCCC)(CCCCCCCC)c%10ccccc%10-%11)ccc8-9)ccc6-7)c6cc7c(c8ccccc68)-c6cc8c(cc6C7(C)C)-c6cc7c9ccccc9c9ccccc9c7cc6C8(C)C)cc5)ccc3-4)cc21. The average molecular weight is 1940 g/mol. The zero-order valence-corrected chi connectivity index (χ0v) is 91.1. The van der Waals surface area contributed by atoms with Gasteiger partial charge in [-0.15, -0.1) is 0 Å². The monoisotopic (exact) mass is 1940 g/mol. The van der Waals surface area contributed by atoms with Crippen LogP contribution >= 0.6 is 0 Å². The number of benzene rings is 18. The highest BCUT2D eigenvalue weighted by Crippen LogP contribution is 2.65. The van der Waals surface area contributed by atoms with Gasteiger partial charge in [0.15, 0.2) is 0 Å². The van der Waals surface area contributed by atoms with Gasteiger partial charge in [-0.25, -0.2) is 0 Å². The Kier molecular flexibility index (Phi) is 24.5. The van der Waals surface area contributed by atoms with Gasteiger partial charge in [0, 0.05) is 49.0 Å². The third-order valence-corrected chi connectivity index (χ3v) is 38.4. The summed E-state index contributed by atoms with van der Waals surface area (Å²) in [4.78, 5) is 2.69. The van der Waals surface area contributed by atoms with Crippen LogP contribution in [0.5, 0.6) is 0 Å². The number of fused-ring (bicyclic) bond motifs is 29. The van der Waals surface area contributed by atoms with Crippen LogP contribution in [0.25, 0.3) is 165 Å². The van der Waals surface area contributed by atoms with E-state index in [1.54, 1.807) is 22.3 Å². The van der Waals surface area contributed by atoms with Crippen molar-refractivity contribution < 1.29 is 0 Å². The molecular weight excluding hydrogens is 1790 g/mol. The molecule has 0 spiro atoms. The average Bonchev–Trinajstić information content (AvgIpc) is 1.52. The van der Waals surface area contributed by atoms with Crippen molar-refractivity contribution in [2.75, 3.05) is 4.90 Å². The fourth-order valence-electron chi connectivity index (χ4n) is 30.2. The molecule has 0 saturated carbocycles. The molecule has 7 aliphatic carbocycles. The molecule has 0 aliphatic heterocycles. The molecule has 149 heavy (non-hydrogen) atoms. The van der Waals surface area contributed by atoms with E-state index in [9.17, 15) is 0 Å². The largest absolute Gasteiger partial charge is 0.310 e. The molecule has 1 nitrogen and oxygen atoms in total. The van der Waals surface area contributed by atoms with Crippen molar-refractivity contribution >= 4 is 60.2 Å². The zero-order chi connectivity index (χ0) is 102. The first kappa shape index (κ1) is 96.6. The third-order valence-electron chi connectivity index (χ3n) is 38.4. The molecule has 7 aliphatic rings. The van der Waals surface area contributed by atoms with Gasteiger partial charge in [0.05, 0.1) is 11.4 Å². The lowest BCUT2D eigenvalue weighted by Gasteiger charge is -2.34. The Morgan fingerprint density at radius 2 is 0.450 bits per heavy atom. The lowest BCUT2D eigenvalue weighted by atomic mass is 9.70. The molecule has 746 valence electrons. The highest BCUT2D eigenvalue weighted by Gasteiger charge is 2.49. The van der Waals surface area contributed by atoms with Crippen LogP contribution in [0.1, 0.15) is 348 Å². The van der Waals surface area contributed by atoms with E-state index < -0.39 is 5.41 Å². The van der Waals surface area contributed by atoms with Gasteiger partial charge < -0.3 is 4.90 Å². The third kappa shape index (κ3) is 15.5. The predicted octanol–water partition coefficient (Wildman–Crippen LogP) is 43.1. The Balaban J connectivity index is 0.568. The van der Waals surface area contributed by atoms with Crippen LogP contribution in [0.3, 0.4) is 0 Å². The number of rotatable bonds is 34. The van der Waals surface area contributed by atoms with Gasteiger partial charge in [0.25, 0.3) is 0 Å². The van der Waals surface area contributed by atoms with E-state index in [4.69, 9.17) is 0 Å². The summed E-state index contributed by atoms with van der Waals surface area (Å²) in [6.07, 6.45) is 35.1. The van der Waals surface area contributed by atoms with Crippen LogP contribution in [0.4, 0.5) is 17.1 Å². The molecule has 0 radical (unpaired) electrons. The maximum Gasteiger partial charge on any atom is 0.0543 e. The van der Waals surface area contributed by atoms with E-state index in [-0.39, 0.29) is 32.5 Å². The molecule has 25 rings (SSSR count). The fraction of sp³-hybridized carbons (Fsp3) is 0.324. The summed E-state index contributed by atoms with van der Waals surface area (Å²) in [6, 6.07) is 129. The molecule has 1 atom stereocenters. The Labute approximate surface area is 888 Å². The minimum absolute atomic E-state index is 0.0221. The number of hydrogen-bond donors (Lipinski definition) is 0. The predicted molar refractivity (Wildman–Crippen MR) is 641 cm³/mol. The van der Waals surface area contributed by atoms with Gasteiger partial charge >= 0.3 is 0 Å². The van der Waals surface area contributed by atoms with Crippen LogP contribution < -0.4 is 4.90 Å². The molecule has 18 aromatic carbocycles. The zero-order valence-electron chi connectivity index (χ0n) is 91.1. The maximum atomic E-state index is 2.69. The fourth-order valence-corrected chi connectivity index (χ4v) is 30.2. The standard InChI is InChI=1S/C148H149N/c1-15-19-23-27-31-45-80-147(79-44-30-26-22-18-4)125-58-42-40-53-108(125)114-76-67-101(88-135(114)147)98-65-74-111-110-72-63-96(83-127(110)142(5,6)129(111)85-98)95-61-70-103(71-62-95)149(139-94-137-140(118-56-39-38-55-117(118)139)124-93-133-123(92-134(124)145(137,11)12)122-90-120-106-51-36-34-49-104(106)105-50-35-37-52-107(105)121(120)91-132(122)144(133,9)10)138-60-48-57-119-116-78-69-100(87-131(116)146(13,14)141(119)138)97-64-73-112-113-75-66-99(86-130(113)143(7,8)128(112)84-97)102-68-77-115-109-54-41-43-59-126(109)148(136(115)89-102,81-46-32-28-24-20-16-2)82-47-33-29-25-21-17-3/h34-43,48-78,83-94H,15-33,44-47,79-82H2,1-14H3. The Morgan fingerprint density at radius 1 is 0.168 bits per heavy atom. The van der Waals surface area contributed by atoms with Crippen molar-refractivity contribution in [1.29, 1.82) is 0 Å². The quantitative estimate of drug-likeness (QED) is 0.0287. The smallest absolute Gasteiger partial charge is 0.0543 e. The normalized spacial score (nSPS) is 16.3. The molecule has 0 bridgehead atoms. The molecule has 0 heterocycles. The van der Waals surface area contributed by atoms with E-state index in [0.717, 1.165) is 5.69 Å². The van der Waals surface area contributed by atoms with Crippen molar-refractivity contribution in [2.45, 2.75) is 308 Å². The molecule has 18 aromatic rings. The number of anilines is 3.